The van der Waals surface area contributed by atoms with Crippen LogP contribution in [0.5, 0.6) is 0 Å². The second-order valence-corrected chi connectivity index (χ2v) is 6.13. The molecule has 1 rings (SSSR count). The van der Waals surface area contributed by atoms with Gasteiger partial charge in [0, 0.05) is 16.4 Å². The van der Waals surface area contributed by atoms with Crippen LogP contribution in [-0.2, 0) is 0 Å². The number of hydrogen-bond donors (Lipinski definition) is 1. The summed E-state index contributed by atoms with van der Waals surface area (Å²) in [7, 11) is 0. The van der Waals surface area contributed by atoms with Crippen LogP contribution in [0.3, 0.4) is 0 Å². The Labute approximate surface area is 110 Å². The van der Waals surface area contributed by atoms with E-state index >= 15 is 0 Å². The average molecular weight is 306 g/mol. The van der Waals surface area contributed by atoms with E-state index in [1.54, 1.807) is 0 Å². The fourth-order valence-electron chi connectivity index (χ4n) is 1.10. The van der Waals surface area contributed by atoms with Gasteiger partial charge in [-0.05, 0) is 45.7 Å². The second-order valence-electron chi connectivity index (χ2n) is 3.81. The summed E-state index contributed by atoms with van der Waals surface area (Å²) in [6.45, 7) is 4.49. The maximum absolute atomic E-state index is 4.38. The van der Waals surface area contributed by atoms with Crippen LogP contribution in [0.4, 0.5) is 0 Å². The molecule has 0 aliphatic rings. The van der Waals surface area contributed by atoms with E-state index in [1.807, 2.05) is 30.1 Å². The molecule has 0 radical (unpaired) electrons. The maximum atomic E-state index is 4.38. The summed E-state index contributed by atoms with van der Waals surface area (Å²) in [5.74, 6) is 3.38. The molecule has 0 aromatic carbocycles. The highest BCUT2D eigenvalue weighted by atomic mass is 79.9. The number of hydrogen-bond acceptors (Lipinski definition) is 3. The third-order valence-corrected chi connectivity index (χ3v) is 4.39. The van der Waals surface area contributed by atoms with Crippen LogP contribution in [0.1, 0.15) is 13.8 Å². The number of nitrogens with zero attached hydrogens (tertiary/aromatic N) is 1. The van der Waals surface area contributed by atoms with Gasteiger partial charge in [-0.1, -0.05) is 13.8 Å². The smallest absolute Gasteiger partial charge is 0.0960 e. The first kappa shape index (κ1) is 13.4. The van der Waals surface area contributed by atoms with Crippen LogP contribution < -0.4 is 0 Å². The van der Waals surface area contributed by atoms with Crippen LogP contribution in [0.2, 0.25) is 0 Å². The number of pyridine rings is 1. The topological polar surface area (TPSA) is 12.9 Å². The highest BCUT2D eigenvalue weighted by molar-refractivity contribution is 9.10. The minimum Gasteiger partial charge on any atom is -0.249 e. The van der Waals surface area contributed by atoms with Gasteiger partial charge in [0.2, 0.25) is 0 Å². The lowest BCUT2D eigenvalue weighted by Gasteiger charge is -2.17. The van der Waals surface area contributed by atoms with Crippen LogP contribution in [-0.4, -0.2) is 16.5 Å². The Kier molecular flexibility index (Phi) is 6.09. The summed E-state index contributed by atoms with van der Waals surface area (Å²) >= 11 is 9.56. The van der Waals surface area contributed by atoms with Gasteiger partial charge in [0.05, 0.1) is 5.03 Å². The van der Waals surface area contributed by atoms with Gasteiger partial charge in [-0.3, -0.25) is 0 Å². The Bertz CT molecular complexity index is 287. The Hall–Kier alpha value is 0.330. The summed E-state index contributed by atoms with van der Waals surface area (Å²) in [6, 6.07) is 4.07. The van der Waals surface area contributed by atoms with Crippen molar-refractivity contribution < 1.29 is 0 Å². The van der Waals surface area contributed by atoms with E-state index in [0.29, 0.717) is 11.8 Å². The zero-order chi connectivity index (χ0) is 11.3. The van der Waals surface area contributed by atoms with Gasteiger partial charge < -0.3 is 0 Å². The molecule has 0 N–H and O–H groups in total. The van der Waals surface area contributed by atoms with Crippen molar-refractivity contribution in [2.75, 3.05) is 11.5 Å². The molecule has 84 valence electrons. The van der Waals surface area contributed by atoms with Crippen molar-refractivity contribution in [1.82, 2.24) is 4.98 Å². The summed E-state index contributed by atoms with van der Waals surface area (Å²) < 4.78 is 1.03. The molecule has 0 fully saturated rings. The zero-order valence-corrected chi connectivity index (χ0v) is 12.3. The first-order valence-electron chi connectivity index (χ1n) is 4.98. The first-order chi connectivity index (χ1) is 7.13. The largest absolute Gasteiger partial charge is 0.249 e. The third kappa shape index (κ3) is 4.79. The normalized spacial score (nSPS) is 13.1. The van der Waals surface area contributed by atoms with Crippen molar-refractivity contribution in [3.8, 4) is 0 Å². The predicted molar refractivity (Wildman–Crippen MR) is 74.8 cm³/mol. The number of thioether (sulfide) groups is 1. The molecule has 1 aromatic heterocycles. The number of rotatable bonds is 5. The van der Waals surface area contributed by atoms with Crippen molar-refractivity contribution in [2.45, 2.75) is 18.9 Å². The van der Waals surface area contributed by atoms with Crippen LogP contribution >= 0.6 is 40.3 Å². The van der Waals surface area contributed by atoms with Gasteiger partial charge in [-0.2, -0.15) is 12.6 Å². The van der Waals surface area contributed by atoms with Gasteiger partial charge in [0.1, 0.15) is 0 Å². The summed E-state index contributed by atoms with van der Waals surface area (Å²) in [5.41, 5.74) is 0. The highest BCUT2D eigenvalue weighted by Gasteiger charge is 2.11. The second kappa shape index (κ2) is 6.81. The lowest BCUT2D eigenvalue weighted by molar-refractivity contribution is 0.473. The molecule has 1 unspecified atom stereocenters. The molecule has 0 saturated carbocycles. The van der Waals surface area contributed by atoms with Crippen LogP contribution in [0, 0.1) is 11.8 Å². The maximum Gasteiger partial charge on any atom is 0.0960 e. The molecule has 1 nitrogen and oxygen atoms in total. The summed E-state index contributed by atoms with van der Waals surface area (Å²) in [5, 5.41) is 1.09. The average Bonchev–Trinajstić information content (AvgIpc) is 2.21. The van der Waals surface area contributed by atoms with E-state index in [4.69, 9.17) is 0 Å². The summed E-state index contributed by atoms with van der Waals surface area (Å²) in [6.07, 6.45) is 1.84. The monoisotopic (exact) mass is 305 g/mol. The van der Waals surface area contributed by atoms with Gasteiger partial charge in [-0.25, -0.2) is 4.98 Å². The summed E-state index contributed by atoms with van der Waals surface area (Å²) in [4.78, 5) is 4.34. The lowest BCUT2D eigenvalue weighted by Crippen LogP contribution is -2.13. The van der Waals surface area contributed by atoms with Crippen molar-refractivity contribution in [2.24, 2.45) is 11.8 Å². The van der Waals surface area contributed by atoms with E-state index in [2.05, 4.69) is 47.4 Å². The molecule has 0 spiro atoms. The van der Waals surface area contributed by atoms with E-state index in [9.17, 15) is 0 Å². The SMILES string of the molecule is CC(C)C(CS)CSc1ccc(Br)cn1. The first-order valence-corrected chi connectivity index (χ1v) is 7.39. The molecule has 0 aliphatic carbocycles. The van der Waals surface area contributed by atoms with E-state index in [-0.39, 0.29) is 0 Å². The minimum absolute atomic E-state index is 0.656. The fraction of sp³-hybridized carbons (Fsp3) is 0.545. The molecular formula is C11H16BrNS2. The van der Waals surface area contributed by atoms with Crippen LogP contribution in [0.15, 0.2) is 27.8 Å². The molecule has 1 atom stereocenters. The van der Waals surface area contributed by atoms with Gasteiger partial charge >= 0.3 is 0 Å². The minimum atomic E-state index is 0.656. The Balaban J connectivity index is 2.45. The van der Waals surface area contributed by atoms with Crippen molar-refractivity contribution in [3.63, 3.8) is 0 Å². The molecule has 1 heterocycles. The molecule has 4 heteroatoms. The molecule has 0 bridgehead atoms. The zero-order valence-electron chi connectivity index (χ0n) is 8.98. The Morgan fingerprint density at radius 1 is 1.47 bits per heavy atom. The van der Waals surface area contributed by atoms with Crippen molar-refractivity contribution in [3.05, 3.63) is 22.8 Å². The molecule has 0 amide bonds. The molecular weight excluding hydrogens is 290 g/mol. The Morgan fingerprint density at radius 2 is 2.20 bits per heavy atom. The number of thiol groups is 1. The van der Waals surface area contributed by atoms with Crippen LogP contribution in [0.25, 0.3) is 0 Å². The molecule has 15 heavy (non-hydrogen) atoms. The number of halogens is 1. The fourth-order valence-corrected chi connectivity index (χ4v) is 3.24. The van der Waals surface area contributed by atoms with E-state index < -0.39 is 0 Å². The van der Waals surface area contributed by atoms with Crippen molar-refractivity contribution >= 4 is 40.3 Å². The van der Waals surface area contributed by atoms with Gasteiger partial charge in [0.25, 0.3) is 0 Å². The predicted octanol–water partition coefficient (Wildman–Crippen LogP) is 4.14. The van der Waals surface area contributed by atoms with Gasteiger partial charge in [-0.15, -0.1) is 11.8 Å². The number of aromatic nitrogens is 1. The van der Waals surface area contributed by atoms with Crippen molar-refractivity contribution in [1.29, 1.82) is 0 Å². The van der Waals surface area contributed by atoms with Gasteiger partial charge in [0.15, 0.2) is 0 Å². The highest BCUT2D eigenvalue weighted by Crippen LogP contribution is 2.24. The molecule has 1 aromatic rings. The van der Waals surface area contributed by atoms with E-state index in [1.165, 1.54) is 0 Å². The lowest BCUT2D eigenvalue weighted by atomic mass is 10.0. The Morgan fingerprint density at radius 3 is 2.67 bits per heavy atom. The quantitative estimate of drug-likeness (QED) is 0.648. The standard InChI is InChI=1S/C11H16BrNS2/c1-8(2)9(6-14)7-15-11-4-3-10(12)5-13-11/h3-5,8-9,14H,6-7H2,1-2H3. The van der Waals surface area contributed by atoms with E-state index in [0.717, 1.165) is 21.0 Å². The molecule has 0 aliphatic heterocycles. The molecule has 0 saturated heterocycles. The third-order valence-electron chi connectivity index (χ3n) is 2.32.